The van der Waals surface area contributed by atoms with Crippen LogP contribution in [0.15, 0.2) is 35.9 Å². The Morgan fingerprint density at radius 3 is 2.54 bits per heavy atom. The van der Waals surface area contributed by atoms with E-state index in [1.54, 1.807) is 24.3 Å². The fourth-order valence-electron chi connectivity index (χ4n) is 3.94. The molecule has 28 heavy (non-hydrogen) atoms. The summed E-state index contributed by atoms with van der Waals surface area (Å²) < 4.78 is 5.12. The van der Waals surface area contributed by atoms with Crippen molar-refractivity contribution in [3.8, 4) is 6.07 Å². The zero-order chi connectivity index (χ0) is 20.7. The highest BCUT2D eigenvalue weighted by Crippen LogP contribution is 2.38. The average Bonchev–Trinajstić information content (AvgIpc) is 2.67. The van der Waals surface area contributed by atoms with Gasteiger partial charge >= 0.3 is 5.97 Å². The number of esters is 1. The van der Waals surface area contributed by atoms with Gasteiger partial charge in [0.1, 0.15) is 0 Å². The zero-order valence-electron chi connectivity index (χ0n) is 17.2. The van der Waals surface area contributed by atoms with Crippen molar-refractivity contribution in [1.82, 2.24) is 5.32 Å². The van der Waals surface area contributed by atoms with E-state index in [1.807, 2.05) is 6.92 Å². The number of amides is 1. The molecule has 1 amide bonds. The Labute approximate surface area is 167 Å². The maximum atomic E-state index is 12.5. The Morgan fingerprint density at radius 1 is 1.29 bits per heavy atom. The van der Waals surface area contributed by atoms with Crippen LogP contribution in [0.4, 0.5) is 0 Å². The first kappa shape index (κ1) is 21.7. The maximum absolute atomic E-state index is 12.5. The van der Waals surface area contributed by atoms with Gasteiger partial charge in [-0.25, -0.2) is 0 Å². The van der Waals surface area contributed by atoms with Crippen LogP contribution < -0.4 is 5.32 Å². The molecule has 0 saturated heterocycles. The monoisotopic (exact) mass is 382 g/mol. The zero-order valence-corrected chi connectivity index (χ0v) is 17.2. The van der Waals surface area contributed by atoms with Gasteiger partial charge in [-0.3, -0.25) is 9.59 Å². The Balaban J connectivity index is 2.04. The summed E-state index contributed by atoms with van der Waals surface area (Å²) in [5, 5.41) is 11.9. The minimum atomic E-state index is -0.143. The van der Waals surface area contributed by atoms with E-state index in [0.29, 0.717) is 42.5 Å². The van der Waals surface area contributed by atoms with Crippen molar-refractivity contribution in [2.75, 3.05) is 13.2 Å². The maximum Gasteiger partial charge on any atom is 0.306 e. The first-order valence-electron chi connectivity index (χ1n) is 9.98. The number of nitriles is 1. The van der Waals surface area contributed by atoms with Gasteiger partial charge in [0.25, 0.3) is 5.91 Å². The molecule has 0 heterocycles. The van der Waals surface area contributed by atoms with E-state index in [0.717, 1.165) is 6.42 Å². The number of carbonyl (C=O) groups excluding carboxylic acids is 2. The summed E-state index contributed by atoms with van der Waals surface area (Å²) in [6.45, 7) is 9.24. The predicted molar refractivity (Wildman–Crippen MR) is 108 cm³/mol. The fraction of sp³-hybridized carbons (Fsp3) is 0.522. The normalized spacial score (nSPS) is 21.6. The molecule has 0 aromatic heterocycles. The molecule has 0 saturated carbocycles. The van der Waals surface area contributed by atoms with Gasteiger partial charge in [0, 0.05) is 12.1 Å². The molecule has 1 aromatic rings. The first-order chi connectivity index (χ1) is 13.3. The number of hydrogen-bond donors (Lipinski definition) is 1. The van der Waals surface area contributed by atoms with Crippen molar-refractivity contribution < 1.29 is 14.3 Å². The second kappa shape index (κ2) is 10.1. The molecule has 0 fully saturated rings. The molecule has 0 spiro atoms. The lowest BCUT2D eigenvalue weighted by molar-refractivity contribution is -0.144. The number of nitrogens with zero attached hydrogens (tertiary/aromatic N) is 1. The van der Waals surface area contributed by atoms with Crippen LogP contribution in [0, 0.1) is 35.0 Å². The van der Waals surface area contributed by atoms with Crippen LogP contribution in [0.1, 0.15) is 56.5 Å². The fourth-order valence-corrected chi connectivity index (χ4v) is 3.94. The third-order valence-corrected chi connectivity index (χ3v) is 5.58. The Hall–Kier alpha value is -2.61. The number of allylic oxidation sites excluding steroid dienone is 1. The molecule has 0 unspecified atom stereocenters. The largest absolute Gasteiger partial charge is 0.466 e. The average molecular weight is 383 g/mol. The van der Waals surface area contributed by atoms with E-state index >= 15 is 0 Å². The summed E-state index contributed by atoms with van der Waals surface area (Å²) in [7, 11) is 0. The molecule has 1 aliphatic carbocycles. The van der Waals surface area contributed by atoms with Crippen LogP contribution >= 0.6 is 0 Å². The quantitative estimate of drug-likeness (QED) is 0.569. The van der Waals surface area contributed by atoms with Gasteiger partial charge in [-0.1, -0.05) is 25.5 Å². The molecule has 1 aromatic carbocycles. The second-order valence-corrected chi connectivity index (χ2v) is 7.82. The number of ether oxygens (including phenoxy) is 1. The third-order valence-electron chi connectivity index (χ3n) is 5.58. The van der Waals surface area contributed by atoms with Gasteiger partial charge in [-0.15, -0.1) is 0 Å². The molecular formula is C23H30N2O3. The Bertz CT molecular complexity index is 759. The number of benzene rings is 1. The summed E-state index contributed by atoms with van der Waals surface area (Å²) >= 11 is 0. The lowest BCUT2D eigenvalue weighted by atomic mass is 9.70. The van der Waals surface area contributed by atoms with Crippen molar-refractivity contribution in [3.05, 3.63) is 47.0 Å². The van der Waals surface area contributed by atoms with E-state index in [9.17, 15) is 9.59 Å². The van der Waals surface area contributed by atoms with Crippen LogP contribution in [0.2, 0.25) is 0 Å². The van der Waals surface area contributed by atoms with Gasteiger partial charge in [-0.05, 0) is 68.2 Å². The smallest absolute Gasteiger partial charge is 0.306 e. The van der Waals surface area contributed by atoms with Gasteiger partial charge < -0.3 is 10.1 Å². The molecule has 3 atom stereocenters. The summed E-state index contributed by atoms with van der Waals surface area (Å²) in [4.78, 5) is 24.4. The van der Waals surface area contributed by atoms with Crippen LogP contribution in [-0.4, -0.2) is 25.0 Å². The first-order valence-corrected chi connectivity index (χ1v) is 9.98. The van der Waals surface area contributed by atoms with E-state index in [2.05, 4.69) is 38.2 Å². The van der Waals surface area contributed by atoms with Gasteiger partial charge in [-0.2, -0.15) is 5.26 Å². The van der Waals surface area contributed by atoms with Crippen molar-refractivity contribution in [3.63, 3.8) is 0 Å². The van der Waals surface area contributed by atoms with Crippen LogP contribution in [-0.2, 0) is 9.53 Å². The summed E-state index contributed by atoms with van der Waals surface area (Å²) in [6, 6.07) is 8.70. The van der Waals surface area contributed by atoms with Gasteiger partial charge in [0.05, 0.1) is 24.7 Å². The molecule has 5 heteroatoms. The van der Waals surface area contributed by atoms with Crippen LogP contribution in [0.3, 0.4) is 0 Å². The lowest BCUT2D eigenvalue weighted by Gasteiger charge is -2.37. The number of carbonyl (C=O) groups is 2. The molecule has 0 radical (unpaired) electrons. The topological polar surface area (TPSA) is 79.2 Å². The van der Waals surface area contributed by atoms with Crippen LogP contribution in [0.25, 0.3) is 0 Å². The molecule has 5 nitrogen and oxygen atoms in total. The van der Waals surface area contributed by atoms with E-state index in [4.69, 9.17) is 10.00 Å². The molecule has 1 N–H and O–H groups in total. The summed E-state index contributed by atoms with van der Waals surface area (Å²) in [6.07, 6.45) is 3.57. The predicted octanol–water partition coefficient (Wildman–Crippen LogP) is 4.10. The number of nitrogens with one attached hydrogen (secondary N) is 1. The highest BCUT2D eigenvalue weighted by Gasteiger charge is 2.33. The minimum Gasteiger partial charge on any atom is -0.466 e. The lowest BCUT2D eigenvalue weighted by Crippen LogP contribution is -2.37. The number of rotatable bonds is 7. The Morgan fingerprint density at radius 2 is 1.96 bits per heavy atom. The summed E-state index contributed by atoms with van der Waals surface area (Å²) in [5.41, 5.74) is 2.29. The molecule has 0 bridgehead atoms. The standard InChI is InChI=1S/C23H30N2O3/c1-5-28-22(26)12-19-11-21(15(2)3)20(10-16(19)4)14-25-23(27)18-8-6-17(13-24)7-9-18/h6-10,15,19-21H,5,11-12,14H2,1-4H3,(H,25,27)/t19-,20-,21-/m0/s1. The van der Waals surface area contributed by atoms with Crippen molar-refractivity contribution in [1.29, 1.82) is 5.26 Å². The molecule has 1 aliphatic rings. The highest BCUT2D eigenvalue weighted by molar-refractivity contribution is 5.94. The van der Waals surface area contributed by atoms with Gasteiger partial charge in [0.15, 0.2) is 0 Å². The second-order valence-electron chi connectivity index (χ2n) is 7.82. The van der Waals surface area contributed by atoms with Crippen molar-refractivity contribution >= 4 is 11.9 Å². The molecule has 2 rings (SSSR count). The third kappa shape index (κ3) is 5.69. The Kier molecular flexibility index (Phi) is 7.80. The number of hydrogen-bond acceptors (Lipinski definition) is 4. The van der Waals surface area contributed by atoms with Gasteiger partial charge in [0.2, 0.25) is 0 Å². The van der Waals surface area contributed by atoms with E-state index < -0.39 is 0 Å². The van der Waals surface area contributed by atoms with Crippen molar-refractivity contribution in [2.45, 2.75) is 40.5 Å². The van der Waals surface area contributed by atoms with Crippen molar-refractivity contribution in [2.24, 2.45) is 23.7 Å². The molecule has 150 valence electrons. The van der Waals surface area contributed by atoms with E-state index in [-0.39, 0.29) is 23.7 Å². The van der Waals surface area contributed by atoms with Crippen LogP contribution in [0.5, 0.6) is 0 Å². The summed E-state index contributed by atoms with van der Waals surface area (Å²) in [5.74, 6) is 1.01. The molecular weight excluding hydrogens is 352 g/mol. The van der Waals surface area contributed by atoms with E-state index in [1.165, 1.54) is 5.57 Å². The minimum absolute atomic E-state index is 0.133. The SMILES string of the molecule is CCOC(=O)C[C@@H]1C[C@@H](C(C)C)[C@H](CNC(=O)c2ccc(C#N)cc2)C=C1C. The molecule has 0 aliphatic heterocycles. The highest BCUT2D eigenvalue weighted by atomic mass is 16.5.